The number of benzene rings is 2. The Bertz CT molecular complexity index is 1250. The number of rotatable bonds is 7. The number of hydrogen-bond donors (Lipinski definition) is 3. The van der Waals surface area contributed by atoms with Gasteiger partial charge in [-0.25, -0.2) is 14.2 Å². The Morgan fingerprint density at radius 1 is 1.22 bits per heavy atom. The molecule has 1 fully saturated rings. The summed E-state index contributed by atoms with van der Waals surface area (Å²) in [6.07, 6.45) is 2.72. The van der Waals surface area contributed by atoms with Crippen LogP contribution in [0.5, 0.6) is 17.2 Å². The van der Waals surface area contributed by atoms with Gasteiger partial charge < -0.3 is 34.5 Å². The number of halogens is 1. The molecule has 36 heavy (non-hydrogen) atoms. The molecular weight excluding hydrogens is 471 g/mol. The Labute approximate surface area is 206 Å². The maximum absolute atomic E-state index is 14.6. The van der Waals surface area contributed by atoms with Crippen molar-refractivity contribution in [3.05, 3.63) is 71.6 Å². The second-order valence-corrected chi connectivity index (χ2v) is 8.67. The third-order valence-electron chi connectivity index (χ3n) is 6.45. The summed E-state index contributed by atoms with van der Waals surface area (Å²) in [4.78, 5) is 32.6. The molecule has 3 aromatic rings. The molecule has 0 spiro atoms. The maximum Gasteiger partial charge on any atom is 0.407 e. The Hall–Kier alpha value is -4.28. The number of aromatic amines is 1. The number of fused-ring (bicyclic) bond motifs is 1. The van der Waals surface area contributed by atoms with Gasteiger partial charge in [0.2, 0.25) is 6.79 Å². The van der Waals surface area contributed by atoms with Gasteiger partial charge in [-0.2, -0.15) is 0 Å². The number of carbonyl (C=O) groups excluding carboxylic acids is 1. The van der Waals surface area contributed by atoms with Crippen LogP contribution in [0, 0.1) is 11.7 Å². The number of aromatic nitrogens is 2. The van der Waals surface area contributed by atoms with Crippen LogP contribution in [0.25, 0.3) is 0 Å². The van der Waals surface area contributed by atoms with Crippen LogP contribution in [0.1, 0.15) is 34.1 Å². The van der Waals surface area contributed by atoms with Crippen LogP contribution in [0.4, 0.5) is 9.18 Å². The molecule has 0 aliphatic carbocycles. The lowest BCUT2D eigenvalue weighted by Gasteiger charge is -2.37. The molecule has 2 aliphatic heterocycles. The normalized spacial score (nSPS) is 18.6. The molecule has 5 rings (SSSR count). The number of piperidine rings is 1. The zero-order valence-corrected chi connectivity index (χ0v) is 19.3. The molecule has 0 unspecified atom stereocenters. The van der Waals surface area contributed by atoms with E-state index in [1.54, 1.807) is 42.7 Å². The van der Waals surface area contributed by atoms with Crippen molar-refractivity contribution in [2.45, 2.75) is 18.9 Å². The molecule has 1 aromatic heterocycles. The first kappa shape index (κ1) is 23.5. The van der Waals surface area contributed by atoms with Crippen LogP contribution in [-0.2, 0) is 6.54 Å². The molecule has 1 saturated heterocycles. The van der Waals surface area contributed by atoms with Gasteiger partial charge in [0.25, 0.3) is 5.91 Å². The van der Waals surface area contributed by atoms with Gasteiger partial charge in [-0.1, -0.05) is 6.07 Å². The zero-order valence-electron chi connectivity index (χ0n) is 19.3. The molecule has 0 radical (unpaired) electrons. The smallest absolute Gasteiger partial charge is 0.407 e. The van der Waals surface area contributed by atoms with Crippen molar-refractivity contribution in [2.24, 2.45) is 5.92 Å². The van der Waals surface area contributed by atoms with Crippen LogP contribution >= 0.6 is 0 Å². The number of hydrogen-bond acceptors (Lipinski definition) is 6. The minimum atomic E-state index is -1.00. The quantitative estimate of drug-likeness (QED) is 0.458. The predicted molar refractivity (Wildman–Crippen MR) is 125 cm³/mol. The molecule has 11 heteroatoms. The van der Waals surface area contributed by atoms with E-state index in [-0.39, 0.29) is 43.9 Å². The van der Waals surface area contributed by atoms with E-state index in [1.165, 1.54) is 11.0 Å². The van der Waals surface area contributed by atoms with Crippen molar-refractivity contribution < 1.29 is 33.3 Å². The number of carbonyl (C=O) groups is 2. The lowest BCUT2D eigenvalue weighted by atomic mass is 9.80. The molecule has 2 aliphatic rings. The molecule has 2 atom stereocenters. The second kappa shape index (κ2) is 10.1. The average molecular weight is 496 g/mol. The molecule has 2 amide bonds. The third kappa shape index (κ3) is 5.04. The van der Waals surface area contributed by atoms with Crippen molar-refractivity contribution in [3.63, 3.8) is 0 Å². The molecule has 2 aromatic carbocycles. The first-order chi connectivity index (χ1) is 17.5. The summed E-state index contributed by atoms with van der Waals surface area (Å²) in [5.74, 6) is 0.817. The van der Waals surface area contributed by atoms with Gasteiger partial charge in [0.15, 0.2) is 11.5 Å². The molecule has 10 nitrogen and oxygen atoms in total. The monoisotopic (exact) mass is 496 g/mol. The highest BCUT2D eigenvalue weighted by molar-refractivity contribution is 5.94. The van der Waals surface area contributed by atoms with Gasteiger partial charge in [0, 0.05) is 37.5 Å². The summed E-state index contributed by atoms with van der Waals surface area (Å²) in [6.45, 7) is 1.10. The Kier molecular flexibility index (Phi) is 6.61. The number of nitrogens with one attached hydrogen (secondary N) is 2. The number of ether oxygens (including phenoxy) is 3. The molecule has 0 saturated carbocycles. The van der Waals surface area contributed by atoms with Gasteiger partial charge in [0.05, 0.1) is 18.7 Å². The summed E-state index contributed by atoms with van der Waals surface area (Å²) >= 11 is 0. The molecule has 3 N–H and O–H groups in total. The topological polar surface area (TPSA) is 126 Å². The highest BCUT2D eigenvalue weighted by Crippen LogP contribution is 2.37. The standard InChI is InChI=1S/C25H25FN4O6/c26-20-3-1-15(9-19(20)24(31)29-11-23-27-6-7-28-23)18-5-8-30(25(32)33)12-16(18)13-34-17-2-4-21-22(10-17)36-14-35-21/h1-4,6-7,9-10,16,18H,5,8,11-14H2,(H,27,28)(H,29,31)(H,32,33)/t16-,18-/m0/s1. The number of nitrogens with zero attached hydrogens (tertiary/aromatic N) is 2. The lowest BCUT2D eigenvalue weighted by Crippen LogP contribution is -2.44. The van der Waals surface area contributed by atoms with Crippen molar-refractivity contribution in [2.75, 3.05) is 26.5 Å². The van der Waals surface area contributed by atoms with Crippen LogP contribution in [0.15, 0.2) is 48.8 Å². The van der Waals surface area contributed by atoms with Gasteiger partial charge in [-0.15, -0.1) is 0 Å². The van der Waals surface area contributed by atoms with Gasteiger partial charge >= 0.3 is 6.09 Å². The summed E-state index contributed by atoms with van der Waals surface area (Å²) in [6, 6.07) is 9.71. The first-order valence-corrected chi connectivity index (χ1v) is 11.5. The van der Waals surface area contributed by atoms with Crippen molar-refractivity contribution >= 4 is 12.0 Å². The summed E-state index contributed by atoms with van der Waals surface area (Å²) < 4.78 is 31.3. The Balaban J connectivity index is 1.33. The van der Waals surface area contributed by atoms with Gasteiger partial charge in [-0.05, 0) is 42.2 Å². The summed E-state index contributed by atoms with van der Waals surface area (Å²) in [5.41, 5.74) is 0.680. The number of carboxylic acid groups (broad SMARTS) is 1. The van der Waals surface area contributed by atoms with E-state index >= 15 is 0 Å². The molecule has 0 bridgehead atoms. The van der Waals surface area contributed by atoms with E-state index in [9.17, 15) is 19.1 Å². The zero-order chi connectivity index (χ0) is 25.1. The van der Waals surface area contributed by atoms with E-state index in [4.69, 9.17) is 14.2 Å². The van der Waals surface area contributed by atoms with E-state index in [1.807, 2.05) is 0 Å². The van der Waals surface area contributed by atoms with Crippen LogP contribution in [0.3, 0.4) is 0 Å². The van der Waals surface area contributed by atoms with Crippen molar-refractivity contribution in [1.82, 2.24) is 20.2 Å². The number of amides is 2. The van der Waals surface area contributed by atoms with Crippen molar-refractivity contribution in [1.29, 1.82) is 0 Å². The van der Waals surface area contributed by atoms with Crippen LogP contribution in [-0.4, -0.2) is 58.5 Å². The fourth-order valence-corrected chi connectivity index (χ4v) is 4.58. The van der Waals surface area contributed by atoms with Gasteiger partial charge in [-0.3, -0.25) is 4.79 Å². The van der Waals surface area contributed by atoms with Crippen LogP contribution in [0.2, 0.25) is 0 Å². The maximum atomic E-state index is 14.6. The Morgan fingerprint density at radius 3 is 2.89 bits per heavy atom. The van der Waals surface area contributed by atoms with E-state index < -0.39 is 17.8 Å². The van der Waals surface area contributed by atoms with Crippen LogP contribution < -0.4 is 19.5 Å². The highest BCUT2D eigenvalue weighted by Gasteiger charge is 2.34. The minimum Gasteiger partial charge on any atom is -0.493 e. The molecule has 188 valence electrons. The number of likely N-dealkylation sites (tertiary alicyclic amines) is 1. The lowest BCUT2D eigenvalue weighted by molar-refractivity contribution is 0.0937. The third-order valence-corrected chi connectivity index (χ3v) is 6.45. The number of H-pyrrole nitrogens is 1. The highest BCUT2D eigenvalue weighted by atomic mass is 19.1. The fourth-order valence-electron chi connectivity index (χ4n) is 4.58. The average Bonchev–Trinajstić information content (AvgIpc) is 3.58. The predicted octanol–water partition coefficient (Wildman–Crippen LogP) is 3.37. The fraction of sp³-hybridized carbons (Fsp3) is 0.320. The first-order valence-electron chi connectivity index (χ1n) is 11.5. The summed E-state index contributed by atoms with van der Waals surface area (Å²) in [7, 11) is 0. The molecular formula is C25H25FN4O6. The van der Waals surface area contributed by atoms with E-state index in [0.717, 1.165) is 5.56 Å². The number of imidazole rings is 1. The Morgan fingerprint density at radius 2 is 2.08 bits per heavy atom. The molecule has 3 heterocycles. The largest absolute Gasteiger partial charge is 0.493 e. The SMILES string of the molecule is O=C(NCc1ncc[nH]1)c1cc([C@@H]2CCN(C(=O)O)C[C@H]2COc2ccc3c(c2)OCO3)ccc1F. The second-order valence-electron chi connectivity index (χ2n) is 8.67. The van der Waals surface area contributed by atoms with Gasteiger partial charge in [0.1, 0.15) is 17.4 Å². The summed E-state index contributed by atoms with van der Waals surface area (Å²) in [5, 5.41) is 12.2. The van der Waals surface area contributed by atoms with E-state index in [2.05, 4.69) is 15.3 Å². The minimum absolute atomic E-state index is 0.0739. The van der Waals surface area contributed by atoms with Crippen molar-refractivity contribution in [3.8, 4) is 17.2 Å². The van der Waals surface area contributed by atoms with E-state index in [0.29, 0.717) is 36.0 Å².